The molecule has 1 amide bonds. The molecule has 0 heterocycles. The molecular weight excluding hydrogens is 464 g/mol. The first kappa shape index (κ1) is 30.1. The summed E-state index contributed by atoms with van der Waals surface area (Å²) in [4.78, 5) is 37.0. The Kier molecular flexibility index (Phi) is 14.8. The molecule has 0 atom stereocenters. The average molecular weight is 509 g/mol. The molecule has 0 unspecified atom stereocenters. The summed E-state index contributed by atoms with van der Waals surface area (Å²) >= 11 is 0. The Morgan fingerprint density at radius 2 is 1.30 bits per heavy atom. The number of nitrogen functional groups attached to an aromatic ring is 1. The number of anilines is 2. The highest BCUT2D eigenvalue weighted by Crippen LogP contribution is 2.19. The van der Waals surface area contributed by atoms with Gasteiger partial charge in [-0.25, -0.2) is 4.79 Å². The van der Waals surface area contributed by atoms with Crippen LogP contribution in [0.3, 0.4) is 0 Å². The Balaban J connectivity index is 1.61. The zero-order chi connectivity index (χ0) is 26.7. The van der Waals surface area contributed by atoms with Crippen molar-refractivity contribution >= 4 is 29.0 Å². The van der Waals surface area contributed by atoms with Crippen LogP contribution in [-0.4, -0.2) is 24.3 Å². The Hall–Kier alpha value is -3.15. The van der Waals surface area contributed by atoms with Crippen LogP contribution in [0.25, 0.3) is 0 Å². The Morgan fingerprint density at radius 3 is 1.89 bits per heavy atom. The molecule has 202 valence electrons. The molecule has 0 saturated carbocycles. The minimum absolute atomic E-state index is 0.104. The van der Waals surface area contributed by atoms with Gasteiger partial charge in [-0.05, 0) is 24.6 Å². The van der Waals surface area contributed by atoms with Gasteiger partial charge in [-0.3, -0.25) is 9.59 Å². The molecule has 2 aromatic rings. The van der Waals surface area contributed by atoms with Crippen LogP contribution in [0.5, 0.6) is 0 Å². The maximum Gasteiger partial charge on any atom is 0.338 e. The Bertz CT molecular complexity index is 959. The van der Waals surface area contributed by atoms with Gasteiger partial charge in [0.15, 0.2) is 12.4 Å². The molecular formula is C31H44N2O4. The number of hydrogen-bond acceptors (Lipinski definition) is 5. The van der Waals surface area contributed by atoms with Crippen LogP contribution in [0.15, 0.2) is 48.5 Å². The number of hydrogen-bond donors (Lipinski definition) is 2. The van der Waals surface area contributed by atoms with Gasteiger partial charge in [0.25, 0.3) is 0 Å². The monoisotopic (exact) mass is 508 g/mol. The fourth-order valence-corrected chi connectivity index (χ4v) is 4.29. The number of ketones is 1. The van der Waals surface area contributed by atoms with Gasteiger partial charge < -0.3 is 15.8 Å². The van der Waals surface area contributed by atoms with Gasteiger partial charge in [-0.1, -0.05) is 114 Å². The summed E-state index contributed by atoms with van der Waals surface area (Å²) in [5, 5.41) is 2.82. The van der Waals surface area contributed by atoms with E-state index in [1.807, 2.05) is 6.07 Å². The van der Waals surface area contributed by atoms with E-state index in [2.05, 4.69) is 12.2 Å². The molecule has 6 heteroatoms. The van der Waals surface area contributed by atoms with Gasteiger partial charge in [0.2, 0.25) is 5.91 Å². The van der Waals surface area contributed by atoms with Crippen molar-refractivity contribution in [2.24, 2.45) is 0 Å². The highest BCUT2D eigenvalue weighted by atomic mass is 16.5. The van der Waals surface area contributed by atoms with E-state index >= 15 is 0 Å². The molecule has 37 heavy (non-hydrogen) atoms. The van der Waals surface area contributed by atoms with E-state index in [1.54, 1.807) is 30.3 Å². The molecule has 3 N–H and O–H groups in total. The van der Waals surface area contributed by atoms with Crippen LogP contribution in [0, 0.1) is 0 Å². The minimum Gasteiger partial charge on any atom is -0.454 e. The quantitative estimate of drug-likeness (QED) is 0.0875. The van der Waals surface area contributed by atoms with Crippen LogP contribution in [0.4, 0.5) is 11.4 Å². The zero-order valence-electron chi connectivity index (χ0n) is 22.4. The first-order valence-corrected chi connectivity index (χ1v) is 14.0. The number of nitrogens with one attached hydrogen (secondary N) is 1. The second kappa shape index (κ2) is 18.1. The zero-order valence-corrected chi connectivity index (χ0v) is 22.4. The molecule has 0 saturated heterocycles. The molecule has 0 fully saturated rings. The van der Waals surface area contributed by atoms with Gasteiger partial charge in [0, 0.05) is 23.4 Å². The first-order chi connectivity index (χ1) is 18.0. The number of rotatable bonds is 19. The van der Waals surface area contributed by atoms with Gasteiger partial charge in [0.05, 0.1) is 5.56 Å². The number of unbranched alkanes of at least 4 members (excludes halogenated alkanes) is 12. The second-order valence-corrected chi connectivity index (χ2v) is 9.75. The average Bonchev–Trinajstić information content (AvgIpc) is 2.89. The Labute approximate surface area is 222 Å². The molecule has 0 aliphatic heterocycles. The van der Waals surface area contributed by atoms with E-state index < -0.39 is 5.97 Å². The molecule has 0 bridgehead atoms. The van der Waals surface area contributed by atoms with Crippen molar-refractivity contribution < 1.29 is 19.1 Å². The number of amides is 1. The van der Waals surface area contributed by atoms with Gasteiger partial charge in [-0.15, -0.1) is 0 Å². The molecule has 0 aliphatic rings. The SMILES string of the molecule is CCCCCCCCCCCCCCCC(=O)Nc1cc(N)cc(C(=O)OCC(=O)c2ccccc2)c1. The predicted molar refractivity (Wildman–Crippen MR) is 151 cm³/mol. The molecule has 2 rings (SSSR count). The lowest BCUT2D eigenvalue weighted by atomic mass is 10.0. The highest BCUT2D eigenvalue weighted by molar-refractivity contribution is 6.00. The number of carbonyl (C=O) groups excluding carboxylic acids is 3. The van der Waals surface area contributed by atoms with Crippen LogP contribution in [0.2, 0.25) is 0 Å². The third-order valence-electron chi connectivity index (χ3n) is 6.41. The fourth-order valence-electron chi connectivity index (χ4n) is 4.29. The molecule has 0 spiro atoms. The van der Waals surface area contributed by atoms with Gasteiger partial charge in [0.1, 0.15) is 0 Å². The van der Waals surface area contributed by atoms with Crippen LogP contribution < -0.4 is 11.1 Å². The summed E-state index contributed by atoms with van der Waals surface area (Å²) in [6.07, 6.45) is 16.8. The maximum absolute atomic E-state index is 12.4. The van der Waals surface area contributed by atoms with E-state index in [-0.39, 0.29) is 23.9 Å². The second-order valence-electron chi connectivity index (χ2n) is 9.75. The lowest BCUT2D eigenvalue weighted by molar-refractivity contribution is -0.116. The fraction of sp³-hybridized carbons (Fsp3) is 0.516. The number of esters is 1. The van der Waals surface area contributed by atoms with E-state index in [0.717, 1.165) is 19.3 Å². The van der Waals surface area contributed by atoms with E-state index in [9.17, 15) is 14.4 Å². The number of Topliss-reactive ketones (excluding diaryl/α,β-unsaturated/α-hetero) is 1. The van der Waals surface area contributed by atoms with Crippen molar-refractivity contribution in [3.63, 3.8) is 0 Å². The molecule has 2 aromatic carbocycles. The number of carbonyl (C=O) groups is 3. The number of nitrogens with two attached hydrogens (primary N) is 1. The third kappa shape index (κ3) is 13.1. The summed E-state index contributed by atoms with van der Waals surface area (Å²) in [5.74, 6) is -1.06. The number of ether oxygens (including phenoxy) is 1. The summed E-state index contributed by atoms with van der Waals surface area (Å²) in [6, 6.07) is 13.2. The van der Waals surface area contributed by atoms with E-state index in [0.29, 0.717) is 23.4 Å². The number of benzene rings is 2. The predicted octanol–water partition coefficient (Wildman–Crippen LogP) is 7.73. The molecule has 0 radical (unpaired) electrons. The topological polar surface area (TPSA) is 98.5 Å². The lowest BCUT2D eigenvalue weighted by Crippen LogP contribution is -2.15. The van der Waals surface area contributed by atoms with E-state index in [4.69, 9.17) is 10.5 Å². The van der Waals surface area contributed by atoms with E-state index in [1.165, 1.54) is 76.3 Å². The summed E-state index contributed by atoms with van der Waals surface area (Å²) in [5.41, 5.74) is 7.37. The van der Waals surface area contributed by atoms with Crippen molar-refractivity contribution in [1.29, 1.82) is 0 Å². The largest absolute Gasteiger partial charge is 0.454 e. The normalized spacial score (nSPS) is 10.7. The van der Waals surface area contributed by atoms with Gasteiger partial charge in [-0.2, -0.15) is 0 Å². The Morgan fingerprint density at radius 1 is 0.730 bits per heavy atom. The third-order valence-corrected chi connectivity index (χ3v) is 6.41. The molecule has 0 aromatic heterocycles. The van der Waals surface area contributed by atoms with Crippen molar-refractivity contribution in [3.05, 3.63) is 59.7 Å². The summed E-state index contributed by atoms with van der Waals surface area (Å²) < 4.78 is 5.16. The van der Waals surface area contributed by atoms with Crippen LogP contribution >= 0.6 is 0 Å². The van der Waals surface area contributed by atoms with Crippen molar-refractivity contribution in [2.45, 2.75) is 96.8 Å². The first-order valence-electron chi connectivity index (χ1n) is 14.0. The van der Waals surface area contributed by atoms with Crippen molar-refractivity contribution in [1.82, 2.24) is 0 Å². The molecule has 0 aliphatic carbocycles. The lowest BCUT2D eigenvalue weighted by Gasteiger charge is -2.10. The minimum atomic E-state index is -0.663. The van der Waals surface area contributed by atoms with Crippen LogP contribution in [0.1, 0.15) is 118 Å². The maximum atomic E-state index is 12.4. The van der Waals surface area contributed by atoms with Gasteiger partial charge >= 0.3 is 5.97 Å². The van der Waals surface area contributed by atoms with Crippen LogP contribution in [-0.2, 0) is 9.53 Å². The van der Waals surface area contributed by atoms with Crippen molar-refractivity contribution in [2.75, 3.05) is 17.7 Å². The smallest absolute Gasteiger partial charge is 0.338 e. The highest BCUT2D eigenvalue weighted by Gasteiger charge is 2.14. The molecule has 6 nitrogen and oxygen atoms in total. The van der Waals surface area contributed by atoms with Crippen molar-refractivity contribution in [3.8, 4) is 0 Å². The summed E-state index contributed by atoms with van der Waals surface area (Å²) in [6.45, 7) is 1.89. The summed E-state index contributed by atoms with van der Waals surface area (Å²) in [7, 11) is 0. The standard InChI is InChI=1S/C31H44N2O4/c1-2-3-4-5-6-7-8-9-10-11-12-13-17-20-30(35)33-28-22-26(21-27(32)23-28)31(36)37-24-29(34)25-18-15-14-16-19-25/h14-16,18-19,21-23H,2-13,17,20,24,32H2,1H3,(H,33,35).